The largest absolute Gasteiger partial charge is 0.444 e. The summed E-state index contributed by atoms with van der Waals surface area (Å²) in [7, 11) is 0. The van der Waals surface area contributed by atoms with Crippen LogP contribution in [-0.4, -0.2) is 41.8 Å². The van der Waals surface area contributed by atoms with Crippen molar-refractivity contribution in [3.63, 3.8) is 0 Å². The molecule has 0 unspecified atom stereocenters. The molecule has 0 spiro atoms. The summed E-state index contributed by atoms with van der Waals surface area (Å²) in [5, 5.41) is 0. The van der Waals surface area contributed by atoms with Gasteiger partial charge in [0.15, 0.2) is 0 Å². The van der Waals surface area contributed by atoms with E-state index in [1.165, 1.54) is 0 Å². The molecule has 1 saturated heterocycles. The number of piperidine rings is 1. The van der Waals surface area contributed by atoms with Crippen molar-refractivity contribution in [2.75, 3.05) is 13.1 Å². The highest BCUT2D eigenvalue weighted by molar-refractivity contribution is 5.68. The number of ether oxygens (including phenoxy) is 2. The van der Waals surface area contributed by atoms with Crippen molar-refractivity contribution in [2.24, 2.45) is 5.73 Å². The van der Waals surface area contributed by atoms with Crippen molar-refractivity contribution < 1.29 is 14.3 Å². The van der Waals surface area contributed by atoms with E-state index in [0.29, 0.717) is 19.7 Å². The number of rotatable bonds is 3. The molecule has 1 heterocycles. The van der Waals surface area contributed by atoms with Gasteiger partial charge in [-0.15, -0.1) is 0 Å². The van der Waals surface area contributed by atoms with Gasteiger partial charge >= 0.3 is 6.09 Å². The van der Waals surface area contributed by atoms with Gasteiger partial charge in [-0.1, -0.05) is 30.3 Å². The lowest BCUT2D eigenvalue weighted by Crippen LogP contribution is -2.54. The van der Waals surface area contributed by atoms with Crippen molar-refractivity contribution in [3.05, 3.63) is 35.9 Å². The van der Waals surface area contributed by atoms with Gasteiger partial charge < -0.3 is 20.1 Å². The van der Waals surface area contributed by atoms with Gasteiger partial charge in [0.1, 0.15) is 5.60 Å². The minimum Gasteiger partial charge on any atom is -0.444 e. The number of nitrogens with zero attached hydrogens (tertiary/aromatic N) is 1. The van der Waals surface area contributed by atoms with Crippen molar-refractivity contribution in [2.45, 2.75) is 51.5 Å². The van der Waals surface area contributed by atoms with Gasteiger partial charge in [0.25, 0.3) is 0 Å². The maximum Gasteiger partial charge on any atom is 0.410 e. The van der Waals surface area contributed by atoms with E-state index in [0.717, 1.165) is 12.0 Å². The SMILES string of the molecule is CC(C)(C)OC(=O)N1CC[C@H](N)[C@H](OCc2ccccc2)C1. The van der Waals surface area contributed by atoms with Crippen LogP contribution in [0.4, 0.5) is 4.79 Å². The molecule has 0 aliphatic carbocycles. The molecule has 1 aliphatic rings. The molecule has 122 valence electrons. The zero-order valence-electron chi connectivity index (χ0n) is 13.6. The van der Waals surface area contributed by atoms with Gasteiger partial charge in [0.2, 0.25) is 0 Å². The van der Waals surface area contributed by atoms with Gasteiger partial charge in [0, 0.05) is 12.6 Å². The van der Waals surface area contributed by atoms with E-state index in [1.807, 2.05) is 51.1 Å². The molecular weight excluding hydrogens is 280 g/mol. The fraction of sp³-hybridized carbons (Fsp3) is 0.588. The van der Waals surface area contributed by atoms with E-state index >= 15 is 0 Å². The number of hydrogen-bond donors (Lipinski definition) is 1. The summed E-state index contributed by atoms with van der Waals surface area (Å²) in [6.45, 7) is 7.18. The highest BCUT2D eigenvalue weighted by Crippen LogP contribution is 2.18. The van der Waals surface area contributed by atoms with Crippen LogP contribution in [-0.2, 0) is 16.1 Å². The number of carbonyl (C=O) groups excluding carboxylic acids is 1. The third kappa shape index (κ3) is 5.00. The maximum atomic E-state index is 12.1. The molecular formula is C17H26N2O3. The van der Waals surface area contributed by atoms with Crippen molar-refractivity contribution in [3.8, 4) is 0 Å². The average Bonchev–Trinajstić information content (AvgIpc) is 2.45. The Hall–Kier alpha value is -1.59. The lowest BCUT2D eigenvalue weighted by atomic mass is 10.0. The Balaban J connectivity index is 1.89. The first-order valence-electron chi connectivity index (χ1n) is 7.74. The van der Waals surface area contributed by atoms with Crippen LogP contribution >= 0.6 is 0 Å². The number of nitrogens with two attached hydrogens (primary N) is 1. The van der Waals surface area contributed by atoms with E-state index in [1.54, 1.807) is 4.90 Å². The van der Waals surface area contributed by atoms with Crippen LogP contribution in [0.3, 0.4) is 0 Å². The first-order chi connectivity index (χ1) is 10.3. The van der Waals surface area contributed by atoms with Crippen LogP contribution < -0.4 is 5.73 Å². The summed E-state index contributed by atoms with van der Waals surface area (Å²) in [6.07, 6.45) is 0.257. The van der Waals surface area contributed by atoms with Crippen LogP contribution in [0.1, 0.15) is 32.8 Å². The zero-order valence-corrected chi connectivity index (χ0v) is 13.6. The summed E-state index contributed by atoms with van der Waals surface area (Å²) >= 11 is 0. The average molecular weight is 306 g/mol. The first kappa shape index (κ1) is 16.8. The second-order valence-corrected chi connectivity index (χ2v) is 6.71. The predicted octanol–water partition coefficient (Wildman–Crippen LogP) is 2.54. The second kappa shape index (κ2) is 7.11. The Morgan fingerprint density at radius 2 is 2.00 bits per heavy atom. The van der Waals surface area contributed by atoms with E-state index in [-0.39, 0.29) is 18.2 Å². The number of benzene rings is 1. The molecule has 1 aromatic carbocycles. The Bertz CT molecular complexity index is 484. The Kier molecular flexibility index (Phi) is 5.42. The summed E-state index contributed by atoms with van der Waals surface area (Å²) in [5.41, 5.74) is 6.74. The lowest BCUT2D eigenvalue weighted by molar-refractivity contribution is -0.0343. The number of hydrogen-bond acceptors (Lipinski definition) is 4. The topological polar surface area (TPSA) is 64.8 Å². The van der Waals surface area contributed by atoms with Crippen LogP contribution in [0.2, 0.25) is 0 Å². The summed E-state index contributed by atoms with van der Waals surface area (Å²) < 4.78 is 11.3. The highest BCUT2D eigenvalue weighted by Gasteiger charge is 2.32. The molecule has 2 atom stereocenters. The molecule has 0 bridgehead atoms. The van der Waals surface area contributed by atoms with E-state index < -0.39 is 5.60 Å². The molecule has 2 rings (SSSR count). The van der Waals surface area contributed by atoms with E-state index in [2.05, 4.69) is 0 Å². The lowest BCUT2D eigenvalue weighted by Gasteiger charge is -2.37. The van der Waals surface area contributed by atoms with Gasteiger partial charge in [-0.25, -0.2) is 4.79 Å². The van der Waals surface area contributed by atoms with Crippen molar-refractivity contribution >= 4 is 6.09 Å². The molecule has 5 heteroatoms. The Morgan fingerprint density at radius 1 is 1.32 bits per heavy atom. The molecule has 1 aromatic rings. The minimum absolute atomic E-state index is 0.0533. The van der Waals surface area contributed by atoms with Gasteiger partial charge in [0.05, 0.1) is 19.3 Å². The molecule has 22 heavy (non-hydrogen) atoms. The van der Waals surface area contributed by atoms with E-state index in [9.17, 15) is 4.79 Å². The third-order valence-corrected chi connectivity index (χ3v) is 3.57. The standard InChI is InChI=1S/C17H26N2O3/c1-17(2,3)22-16(20)19-10-9-14(18)15(11-19)21-12-13-7-5-4-6-8-13/h4-8,14-15H,9-12,18H2,1-3H3/t14-,15+/m0/s1. The number of amides is 1. The Labute approximate surface area is 132 Å². The summed E-state index contributed by atoms with van der Waals surface area (Å²) in [5.74, 6) is 0. The molecule has 0 radical (unpaired) electrons. The van der Waals surface area contributed by atoms with Gasteiger partial charge in [-0.05, 0) is 32.8 Å². The summed E-state index contributed by atoms with van der Waals surface area (Å²) in [6, 6.07) is 9.90. The Morgan fingerprint density at radius 3 is 2.64 bits per heavy atom. The summed E-state index contributed by atoms with van der Waals surface area (Å²) in [4.78, 5) is 13.8. The zero-order chi connectivity index (χ0) is 16.2. The third-order valence-electron chi connectivity index (χ3n) is 3.57. The van der Waals surface area contributed by atoms with Gasteiger partial charge in [-0.3, -0.25) is 0 Å². The fourth-order valence-electron chi connectivity index (χ4n) is 2.38. The van der Waals surface area contributed by atoms with Gasteiger partial charge in [-0.2, -0.15) is 0 Å². The highest BCUT2D eigenvalue weighted by atomic mass is 16.6. The van der Waals surface area contributed by atoms with E-state index in [4.69, 9.17) is 15.2 Å². The predicted molar refractivity (Wildman–Crippen MR) is 85.4 cm³/mol. The number of carbonyl (C=O) groups is 1. The van der Waals surface area contributed by atoms with Crippen LogP contribution in [0.5, 0.6) is 0 Å². The van der Waals surface area contributed by atoms with Crippen LogP contribution in [0.25, 0.3) is 0 Å². The smallest absolute Gasteiger partial charge is 0.410 e. The van der Waals surface area contributed by atoms with Crippen molar-refractivity contribution in [1.29, 1.82) is 0 Å². The molecule has 1 aliphatic heterocycles. The molecule has 0 saturated carbocycles. The van der Waals surface area contributed by atoms with Crippen LogP contribution in [0.15, 0.2) is 30.3 Å². The second-order valence-electron chi connectivity index (χ2n) is 6.71. The van der Waals surface area contributed by atoms with Crippen molar-refractivity contribution in [1.82, 2.24) is 4.90 Å². The normalized spacial score (nSPS) is 22.5. The van der Waals surface area contributed by atoms with Crippen LogP contribution in [0, 0.1) is 0 Å². The number of likely N-dealkylation sites (tertiary alicyclic amines) is 1. The monoisotopic (exact) mass is 306 g/mol. The molecule has 5 nitrogen and oxygen atoms in total. The molecule has 1 fully saturated rings. The fourth-order valence-corrected chi connectivity index (χ4v) is 2.38. The molecule has 2 N–H and O–H groups in total. The quantitative estimate of drug-likeness (QED) is 0.932. The maximum absolute atomic E-state index is 12.1. The molecule has 1 amide bonds. The first-order valence-corrected chi connectivity index (χ1v) is 7.74. The molecule has 0 aromatic heterocycles. The minimum atomic E-state index is -0.489.